The van der Waals surface area contributed by atoms with E-state index in [9.17, 15) is 0 Å². The molecular weight excluding hydrogens is 236 g/mol. The lowest BCUT2D eigenvalue weighted by Crippen LogP contribution is -2.38. The molecule has 0 amide bonds. The fourth-order valence-electron chi connectivity index (χ4n) is 3.51. The zero-order chi connectivity index (χ0) is 13.7. The standard InChI is InChI=1S/C15H28N4/c1-3-8-19-14(17-12-18-19)10-15(11-16)7-5-6-13(4-2)9-15/h12-13H,3-11,16H2,1-2H3. The van der Waals surface area contributed by atoms with Gasteiger partial charge in [0.25, 0.3) is 0 Å². The zero-order valence-corrected chi connectivity index (χ0v) is 12.4. The van der Waals surface area contributed by atoms with Crippen LogP contribution in [0.4, 0.5) is 0 Å². The average molecular weight is 264 g/mol. The Labute approximate surface area is 116 Å². The van der Waals surface area contributed by atoms with E-state index in [4.69, 9.17) is 5.73 Å². The van der Waals surface area contributed by atoms with E-state index in [1.165, 1.54) is 32.1 Å². The van der Waals surface area contributed by atoms with Crippen LogP contribution in [0.15, 0.2) is 6.33 Å². The molecule has 0 aromatic carbocycles. The molecule has 1 aromatic heterocycles. The molecule has 108 valence electrons. The molecule has 4 heteroatoms. The molecule has 1 heterocycles. The van der Waals surface area contributed by atoms with Gasteiger partial charge in [-0.25, -0.2) is 4.98 Å². The monoisotopic (exact) mass is 264 g/mol. The highest BCUT2D eigenvalue weighted by molar-refractivity contribution is 4.97. The molecule has 0 bridgehead atoms. The molecule has 0 spiro atoms. The predicted molar refractivity (Wildman–Crippen MR) is 77.8 cm³/mol. The van der Waals surface area contributed by atoms with E-state index in [1.807, 2.05) is 0 Å². The van der Waals surface area contributed by atoms with Gasteiger partial charge in [0.2, 0.25) is 0 Å². The van der Waals surface area contributed by atoms with Crippen LogP contribution in [0.5, 0.6) is 0 Å². The molecule has 1 aliphatic rings. The molecule has 19 heavy (non-hydrogen) atoms. The van der Waals surface area contributed by atoms with Crippen molar-refractivity contribution in [3.05, 3.63) is 12.2 Å². The summed E-state index contributed by atoms with van der Waals surface area (Å²) in [5, 5.41) is 4.34. The first-order valence-electron chi connectivity index (χ1n) is 7.79. The van der Waals surface area contributed by atoms with Crippen LogP contribution in [0.3, 0.4) is 0 Å². The van der Waals surface area contributed by atoms with Crippen molar-refractivity contribution in [3.63, 3.8) is 0 Å². The molecule has 2 unspecified atom stereocenters. The molecule has 1 fully saturated rings. The summed E-state index contributed by atoms with van der Waals surface area (Å²) in [5.74, 6) is 1.98. The highest BCUT2D eigenvalue weighted by atomic mass is 15.3. The molecule has 0 radical (unpaired) electrons. The van der Waals surface area contributed by atoms with Gasteiger partial charge in [0.1, 0.15) is 12.2 Å². The molecule has 2 N–H and O–H groups in total. The Balaban J connectivity index is 2.11. The van der Waals surface area contributed by atoms with Crippen LogP contribution < -0.4 is 5.73 Å². The lowest BCUT2D eigenvalue weighted by atomic mass is 9.67. The maximum Gasteiger partial charge on any atom is 0.138 e. The molecule has 0 saturated heterocycles. The minimum atomic E-state index is 0.261. The van der Waals surface area contributed by atoms with Crippen molar-refractivity contribution in [1.29, 1.82) is 0 Å². The average Bonchev–Trinajstić information content (AvgIpc) is 2.86. The maximum atomic E-state index is 6.14. The van der Waals surface area contributed by atoms with E-state index >= 15 is 0 Å². The second kappa shape index (κ2) is 6.51. The first kappa shape index (κ1) is 14.5. The second-order valence-corrected chi connectivity index (χ2v) is 6.15. The lowest BCUT2D eigenvalue weighted by Gasteiger charge is -2.40. The highest BCUT2D eigenvalue weighted by Gasteiger charge is 2.36. The van der Waals surface area contributed by atoms with Gasteiger partial charge in [-0.15, -0.1) is 0 Å². The number of aromatic nitrogens is 3. The summed E-state index contributed by atoms with van der Waals surface area (Å²) in [4.78, 5) is 4.47. The normalized spacial score (nSPS) is 27.6. The number of nitrogens with zero attached hydrogens (tertiary/aromatic N) is 3. The van der Waals surface area contributed by atoms with Crippen LogP contribution in [0.2, 0.25) is 0 Å². The number of hydrogen-bond donors (Lipinski definition) is 1. The van der Waals surface area contributed by atoms with Crippen molar-refractivity contribution in [3.8, 4) is 0 Å². The third-order valence-electron chi connectivity index (χ3n) is 4.72. The molecule has 2 atom stereocenters. The van der Waals surface area contributed by atoms with Crippen LogP contribution in [0.1, 0.15) is 58.2 Å². The van der Waals surface area contributed by atoms with Crippen molar-refractivity contribution in [2.75, 3.05) is 6.54 Å². The zero-order valence-electron chi connectivity index (χ0n) is 12.4. The molecule has 1 saturated carbocycles. The number of aryl methyl sites for hydroxylation is 1. The number of rotatable bonds is 6. The van der Waals surface area contributed by atoms with Gasteiger partial charge >= 0.3 is 0 Å². The van der Waals surface area contributed by atoms with E-state index in [1.54, 1.807) is 6.33 Å². The van der Waals surface area contributed by atoms with Gasteiger partial charge < -0.3 is 5.73 Å². The smallest absolute Gasteiger partial charge is 0.138 e. The van der Waals surface area contributed by atoms with E-state index in [-0.39, 0.29) is 5.41 Å². The maximum absolute atomic E-state index is 6.14. The fraction of sp³-hybridized carbons (Fsp3) is 0.867. The van der Waals surface area contributed by atoms with E-state index in [2.05, 4.69) is 28.6 Å². The molecule has 4 nitrogen and oxygen atoms in total. The van der Waals surface area contributed by atoms with Gasteiger partial charge in [0, 0.05) is 13.0 Å². The third kappa shape index (κ3) is 3.35. The van der Waals surface area contributed by atoms with Gasteiger partial charge in [-0.3, -0.25) is 4.68 Å². The van der Waals surface area contributed by atoms with Gasteiger partial charge in [0.15, 0.2) is 0 Å². The third-order valence-corrected chi connectivity index (χ3v) is 4.72. The van der Waals surface area contributed by atoms with E-state index < -0.39 is 0 Å². The summed E-state index contributed by atoms with van der Waals surface area (Å²) in [7, 11) is 0. The summed E-state index contributed by atoms with van der Waals surface area (Å²) in [5.41, 5.74) is 6.40. The van der Waals surface area contributed by atoms with Gasteiger partial charge in [0.05, 0.1) is 0 Å². The quantitative estimate of drug-likeness (QED) is 0.859. The highest BCUT2D eigenvalue weighted by Crippen LogP contribution is 2.42. The summed E-state index contributed by atoms with van der Waals surface area (Å²) in [6.07, 6.45) is 10.3. The Morgan fingerprint density at radius 2 is 2.32 bits per heavy atom. The van der Waals surface area contributed by atoms with Gasteiger partial charge in [-0.05, 0) is 37.1 Å². The van der Waals surface area contributed by atoms with Crippen LogP contribution in [0.25, 0.3) is 0 Å². The first-order chi connectivity index (χ1) is 9.23. The van der Waals surface area contributed by atoms with Crippen LogP contribution in [-0.2, 0) is 13.0 Å². The van der Waals surface area contributed by atoms with E-state index in [0.29, 0.717) is 0 Å². The molecule has 1 aromatic rings. The summed E-state index contributed by atoms with van der Waals surface area (Å²) >= 11 is 0. The van der Waals surface area contributed by atoms with Gasteiger partial charge in [-0.2, -0.15) is 5.10 Å². The molecule has 0 aliphatic heterocycles. The van der Waals surface area contributed by atoms with Crippen molar-refractivity contribution in [2.24, 2.45) is 17.1 Å². The number of hydrogen-bond acceptors (Lipinski definition) is 3. The van der Waals surface area contributed by atoms with Crippen molar-refractivity contribution >= 4 is 0 Å². The Bertz CT molecular complexity index is 387. The lowest BCUT2D eigenvalue weighted by molar-refractivity contribution is 0.138. The topological polar surface area (TPSA) is 56.7 Å². The second-order valence-electron chi connectivity index (χ2n) is 6.15. The summed E-state index contributed by atoms with van der Waals surface area (Å²) < 4.78 is 2.06. The minimum absolute atomic E-state index is 0.261. The Kier molecular flexibility index (Phi) is 4.97. The Morgan fingerprint density at radius 3 is 3.00 bits per heavy atom. The van der Waals surface area contributed by atoms with Crippen molar-refractivity contribution < 1.29 is 0 Å². The van der Waals surface area contributed by atoms with E-state index in [0.717, 1.165) is 37.7 Å². The van der Waals surface area contributed by atoms with Crippen LogP contribution >= 0.6 is 0 Å². The predicted octanol–water partition coefficient (Wildman–Crippen LogP) is 2.78. The van der Waals surface area contributed by atoms with Crippen LogP contribution in [-0.4, -0.2) is 21.3 Å². The summed E-state index contributed by atoms with van der Waals surface area (Å²) in [6.45, 7) is 6.23. The molecule has 1 aliphatic carbocycles. The van der Waals surface area contributed by atoms with Gasteiger partial charge in [-0.1, -0.05) is 33.1 Å². The number of nitrogens with two attached hydrogens (primary N) is 1. The minimum Gasteiger partial charge on any atom is -0.330 e. The first-order valence-corrected chi connectivity index (χ1v) is 7.79. The Morgan fingerprint density at radius 1 is 1.47 bits per heavy atom. The van der Waals surface area contributed by atoms with Crippen molar-refractivity contribution in [1.82, 2.24) is 14.8 Å². The van der Waals surface area contributed by atoms with Crippen molar-refractivity contribution in [2.45, 2.75) is 65.3 Å². The van der Waals surface area contributed by atoms with Crippen LogP contribution in [0, 0.1) is 11.3 Å². The molecular formula is C15H28N4. The fourth-order valence-corrected chi connectivity index (χ4v) is 3.51. The summed E-state index contributed by atoms with van der Waals surface area (Å²) in [6, 6.07) is 0. The Hall–Kier alpha value is -0.900. The molecule has 2 rings (SSSR count). The largest absolute Gasteiger partial charge is 0.330 e. The SMILES string of the molecule is CCCn1ncnc1CC1(CN)CCCC(CC)C1.